The van der Waals surface area contributed by atoms with Crippen LogP contribution in [0, 0.1) is 0 Å². The smallest absolute Gasteiger partial charge is 0.0553 e. The zero-order valence-corrected chi connectivity index (χ0v) is 7.62. The minimum atomic E-state index is 0.329. The van der Waals surface area contributed by atoms with Gasteiger partial charge < -0.3 is 5.32 Å². The number of nitrogens with zero attached hydrogens (tertiary/aromatic N) is 2. The summed E-state index contributed by atoms with van der Waals surface area (Å²) in [6, 6.07) is 2.35. The highest BCUT2D eigenvalue weighted by atomic mass is 15.3. The molecular weight excluding hydrogens is 150 g/mol. The molecule has 1 unspecified atom stereocenters. The largest absolute Gasteiger partial charge is 0.311 e. The van der Waals surface area contributed by atoms with E-state index in [-0.39, 0.29) is 0 Å². The van der Waals surface area contributed by atoms with Crippen LogP contribution in [0.15, 0.2) is 24.9 Å². The van der Waals surface area contributed by atoms with Gasteiger partial charge >= 0.3 is 0 Å². The van der Waals surface area contributed by atoms with E-state index in [4.69, 9.17) is 0 Å². The highest BCUT2D eigenvalue weighted by Gasteiger charge is 2.09. The van der Waals surface area contributed by atoms with Gasteiger partial charge in [-0.3, -0.25) is 4.68 Å². The van der Waals surface area contributed by atoms with Crippen LogP contribution in [0.5, 0.6) is 0 Å². The van der Waals surface area contributed by atoms with Crippen molar-refractivity contribution in [2.45, 2.75) is 12.5 Å². The number of aryl methyl sites for hydroxylation is 1. The molecule has 0 aliphatic rings. The van der Waals surface area contributed by atoms with E-state index in [9.17, 15) is 0 Å². The molecule has 0 radical (unpaired) electrons. The Hall–Kier alpha value is -1.09. The maximum atomic E-state index is 4.11. The van der Waals surface area contributed by atoms with E-state index in [0.29, 0.717) is 6.04 Å². The monoisotopic (exact) mass is 165 g/mol. The van der Waals surface area contributed by atoms with E-state index in [0.717, 1.165) is 6.42 Å². The molecule has 1 aromatic rings. The quantitative estimate of drug-likeness (QED) is 0.681. The van der Waals surface area contributed by atoms with E-state index in [2.05, 4.69) is 17.0 Å². The molecule has 0 saturated heterocycles. The number of rotatable bonds is 4. The number of nitrogens with one attached hydrogen (secondary N) is 1. The Morgan fingerprint density at radius 1 is 1.83 bits per heavy atom. The lowest BCUT2D eigenvalue weighted by molar-refractivity contribution is 0.545. The molecule has 0 bridgehead atoms. The molecule has 0 amide bonds. The second-order valence-electron chi connectivity index (χ2n) is 2.75. The standard InChI is InChI=1S/C9H15N3/c1-4-5-8(10-2)9-6-7-11-12(9)3/h4,6-8,10H,1,5H2,2-3H3. The van der Waals surface area contributed by atoms with Crippen LogP contribution in [-0.2, 0) is 7.05 Å². The Labute approximate surface area is 73.1 Å². The van der Waals surface area contributed by atoms with Crippen LogP contribution in [0.4, 0.5) is 0 Å². The molecule has 12 heavy (non-hydrogen) atoms. The molecule has 0 aliphatic heterocycles. The van der Waals surface area contributed by atoms with Crippen LogP contribution in [-0.4, -0.2) is 16.8 Å². The Morgan fingerprint density at radius 3 is 3.00 bits per heavy atom. The predicted molar refractivity (Wildman–Crippen MR) is 49.8 cm³/mol. The molecule has 3 heteroatoms. The van der Waals surface area contributed by atoms with Crippen molar-refractivity contribution in [3.8, 4) is 0 Å². The molecule has 3 nitrogen and oxygen atoms in total. The van der Waals surface area contributed by atoms with Gasteiger partial charge in [0.15, 0.2) is 0 Å². The molecule has 1 aromatic heterocycles. The first-order chi connectivity index (χ1) is 5.79. The van der Waals surface area contributed by atoms with Gasteiger partial charge in [-0.2, -0.15) is 5.10 Å². The van der Waals surface area contributed by atoms with Crippen molar-refractivity contribution in [3.05, 3.63) is 30.6 Å². The minimum absolute atomic E-state index is 0.329. The topological polar surface area (TPSA) is 29.9 Å². The van der Waals surface area contributed by atoms with Gasteiger partial charge in [-0.25, -0.2) is 0 Å². The van der Waals surface area contributed by atoms with Gasteiger partial charge in [-0.15, -0.1) is 6.58 Å². The highest BCUT2D eigenvalue weighted by molar-refractivity contribution is 5.07. The van der Waals surface area contributed by atoms with E-state index in [1.807, 2.05) is 37.1 Å². The predicted octanol–water partition coefficient (Wildman–Crippen LogP) is 1.26. The van der Waals surface area contributed by atoms with Crippen molar-refractivity contribution in [2.75, 3.05) is 7.05 Å². The number of hydrogen-bond acceptors (Lipinski definition) is 2. The maximum Gasteiger partial charge on any atom is 0.0553 e. The Morgan fingerprint density at radius 2 is 2.58 bits per heavy atom. The van der Waals surface area contributed by atoms with Crippen molar-refractivity contribution in [1.29, 1.82) is 0 Å². The van der Waals surface area contributed by atoms with E-state index < -0.39 is 0 Å². The van der Waals surface area contributed by atoms with Crippen LogP contribution >= 0.6 is 0 Å². The van der Waals surface area contributed by atoms with E-state index >= 15 is 0 Å². The van der Waals surface area contributed by atoms with Gasteiger partial charge in [0.25, 0.3) is 0 Å². The molecular formula is C9H15N3. The summed E-state index contributed by atoms with van der Waals surface area (Å²) in [6.07, 6.45) is 4.65. The second-order valence-corrected chi connectivity index (χ2v) is 2.75. The van der Waals surface area contributed by atoms with Gasteiger partial charge in [-0.1, -0.05) is 6.08 Å². The van der Waals surface area contributed by atoms with Crippen molar-refractivity contribution >= 4 is 0 Å². The summed E-state index contributed by atoms with van der Waals surface area (Å²) in [7, 11) is 3.89. The van der Waals surface area contributed by atoms with Gasteiger partial charge in [-0.05, 0) is 19.5 Å². The lowest BCUT2D eigenvalue weighted by Crippen LogP contribution is -2.18. The van der Waals surface area contributed by atoms with Crippen LogP contribution in [0.3, 0.4) is 0 Å². The fraction of sp³-hybridized carbons (Fsp3) is 0.444. The average molecular weight is 165 g/mol. The third kappa shape index (κ3) is 1.74. The first-order valence-electron chi connectivity index (χ1n) is 4.05. The van der Waals surface area contributed by atoms with Crippen LogP contribution in [0.1, 0.15) is 18.2 Å². The van der Waals surface area contributed by atoms with Crippen LogP contribution < -0.4 is 5.32 Å². The summed E-state index contributed by atoms with van der Waals surface area (Å²) in [5.74, 6) is 0. The number of aromatic nitrogens is 2. The van der Waals surface area contributed by atoms with Crippen molar-refractivity contribution in [1.82, 2.24) is 15.1 Å². The van der Waals surface area contributed by atoms with Gasteiger partial charge in [0.05, 0.1) is 11.7 Å². The summed E-state index contributed by atoms with van der Waals surface area (Å²) in [5.41, 5.74) is 1.19. The van der Waals surface area contributed by atoms with Crippen LogP contribution in [0.2, 0.25) is 0 Å². The highest BCUT2D eigenvalue weighted by Crippen LogP contribution is 2.14. The van der Waals surface area contributed by atoms with Gasteiger partial charge in [0, 0.05) is 13.2 Å². The second kappa shape index (κ2) is 4.07. The average Bonchev–Trinajstić information content (AvgIpc) is 2.47. The van der Waals surface area contributed by atoms with Crippen molar-refractivity contribution < 1.29 is 0 Å². The lowest BCUT2D eigenvalue weighted by Gasteiger charge is -2.13. The van der Waals surface area contributed by atoms with Gasteiger partial charge in [0.1, 0.15) is 0 Å². The summed E-state index contributed by atoms with van der Waals surface area (Å²) in [6.45, 7) is 3.72. The zero-order valence-electron chi connectivity index (χ0n) is 7.62. The lowest BCUT2D eigenvalue weighted by atomic mass is 10.1. The molecule has 0 fully saturated rings. The number of hydrogen-bond donors (Lipinski definition) is 1. The molecule has 0 aliphatic carbocycles. The fourth-order valence-electron chi connectivity index (χ4n) is 1.28. The minimum Gasteiger partial charge on any atom is -0.311 e. The third-order valence-electron chi connectivity index (χ3n) is 1.97. The molecule has 0 saturated carbocycles. The molecule has 0 aromatic carbocycles. The molecule has 0 spiro atoms. The SMILES string of the molecule is C=CCC(NC)c1ccnn1C. The summed E-state index contributed by atoms with van der Waals surface area (Å²) >= 11 is 0. The Kier molecular flexibility index (Phi) is 3.05. The Bertz CT molecular complexity index is 252. The molecule has 1 rings (SSSR count). The first kappa shape index (κ1) is 9.00. The van der Waals surface area contributed by atoms with Crippen LogP contribution in [0.25, 0.3) is 0 Å². The first-order valence-corrected chi connectivity index (χ1v) is 4.05. The fourth-order valence-corrected chi connectivity index (χ4v) is 1.28. The molecule has 1 N–H and O–H groups in total. The molecule has 1 atom stereocenters. The summed E-state index contributed by atoms with van der Waals surface area (Å²) < 4.78 is 1.88. The zero-order chi connectivity index (χ0) is 8.97. The molecule has 1 heterocycles. The summed E-state index contributed by atoms with van der Waals surface area (Å²) in [4.78, 5) is 0. The normalized spacial score (nSPS) is 12.8. The van der Waals surface area contributed by atoms with Crippen molar-refractivity contribution in [3.63, 3.8) is 0 Å². The van der Waals surface area contributed by atoms with E-state index in [1.165, 1.54) is 5.69 Å². The summed E-state index contributed by atoms with van der Waals surface area (Å²) in [5, 5.41) is 7.32. The van der Waals surface area contributed by atoms with E-state index in [1.54, 1.807) is 0 Å². The third-order valence-corrected chi connectivity index (χ3v) is 1.97. The maximum absolute atomic E-state index is 4.11. The Balaban J connectivity index is 2.78. The van der Waals surface area contributed by atoms with Gasteiger partial charge in [0.2, 0.25) is 0 Å². The van der Waals surface area contributed by atoms with Crippen molar-refractivity contribution in [2.24, 2.45) is 7.05 Å². The molecule has 66 valence electrons.